The Kier molecular flexibility index (Phi) is 7.92. The maximum Gasteiger partial charge on any atom is 0.00104 e. The molecule has 1 aliphatic carbocycles. The summed E-state index contributed by atoms with van der Waals surface area (Å²) in [5, 5.41) is 3.63. The molecule has 102 valence electrons. The van der Waals surface area contributed by atoms with Crippen LogP contribution >= 0.6 is 0 Å². The first kappa shape index (κ1) is 15.0. The fourth-order valence-electron chi connectivity index (χ4n) is 3.16. The zero-order valence-electron chi connectivity index (χ0n) is 12.3. The van der Waals surface area contributed by atoms with E-state index in [1.54, 1.807) is 0 Å². The smallest absolute Gasteiger partial charge is 0.00104 e. The van der Waals surface area contributed by atoms with Crippen molar-refractivity contribution in [2.75, 3.05) is 6.54 Å². The van der Waals surface area contributed by atoms with Crippen LogP contribution < -0.4 is 5.32 Å². The molecule has 1 saturated carbocycles. The van der Waals surface area contributed by atoms with Gasteiger partial charge in [-0.2, -0.15) is 0 Å². The van der Waals surface area contributed by atoms with Crippen molar-refractivity contribution in [1.82, 2.24) is 5.32 Å². The number of rotatable bonds is 9. The summed E-state index contributed by atoms with van der Waals surface area (Å²) in [6.45, 7) is 8.07. The molecular formula is C16H33N. The van der Waals surface area contributed by atoms with Crippen LogP contribution in [0.3, 0.4) is 0 Å². The molecule has 0 spiro atoms. The highest BCUT2D eigenvalue weighted by molar-refractivity contribution is 4.79. The molecular weight excluding hydrogens is 206 g/mol. The normalized spacial score (nSPS) is 24.7. The highest BCUT2D eigenvalue weighted by Gasteiger charge is 2.26. The number of hydrogen-bond acceptors (Lipinski definition) is 1. The molecule has 0 saturated heterocycles. The Morgan fingerprint density at radius 2 is 1.71 bits per heavy atom. The van der Waals surface area contributed by atoms with Crippen molar-refractivity contribution in [3.05, 3.63) is 0 Å². The van der Waals surface area contributed by atoms with Crippen LogP contribution in [0.4, 0.5) is 0 Å². The molecule has 0 amide bonds. The van der Waals surface area contributed by atoms with Gasteiger partial charge < -0.3 is 5.32 Å². The van der Waals surface area contributed by atoms with E-state index in [1.165, 1.54) is 64.3 Å². The minimum absolute atomic E-state index is 0.654. The first-order valence-electron chi connectivity index (χ1n) is 7.97. The molecule has 0 heterocycles. The fourth-order valence-corrected chi connectivity index (χ4v) is 3.16. The third-order valence-electron chi connectivity index (χ3n) is 4.28. The Labute approximate surface area is 109 Å². The molecule has 0 aliphatic heterocycles. The average Bonchev–Trinajstić information content (AvgIpc) is 2.73. The molecule has 0 radical (unpaired) electrons. The quantitative estimate of drug-likeness (QED) is 0.572. The Hall–Kier alpha value is -0.0400. The standard InChI is InChI=1S/C16H33N/c1-4-5-6-7-8-10-15-11-9-12-16(15)13-17-14(2)3/h14-17H,4-13H2,1-3H3. The number of nitrogens with one attached hydrogen (secondary N) is 1. The molecule has 1 nitrogen and oxygen atoms in total. The summed E-state index contributed by atoms with van der Waals surface area (Å²) in [6.07, 6.45) is 13.1. The first-order valence-corrected chi connectivity index (χ1v) is 7.97. The SMILES string of the molecule is CCCCCCCC1CCCC1CNC(C)C. The lowest BCUT2D eigenvalue weighted by atomic mass is 9.90. The maximum absolute atomic E-state index is 3.63. The molecule has 1 rings (SSSR count). The molecule has 0 aromatic heterocycles. The minimum atomic E-state index is 0.654. The van der Waals surface area contributed by atoms with Crippen LogP contribution in [0.25, 0.3) is 0 Å². The molecule has 2 atom stereocenters. The van der Waals surface area contributed by atoms with Crippen molar-refractivity contribution in [3.8, 4) is 0 Å². The van der Waals surface area contributed by atoms with Gasteiger partial charge in [-0.05, 0) is 24.8 Å². The largest absolute Gasteiger partial charge is 0.314 e. The van der Waals surface area contributed by atoms with Crippen molar-refractivity contribution in [1.29, 1.82) is 0 Å². The van der Waals surface area contributed by atoms with Crippen LogP contribution in [-0.2, 0) is 0 Å². The second-order valence-electron chi connectivity index (χ2n) is 6.22. The molecule has 2 unspecified atom stereocenters. The maximum atomic E-state index is 3.63. The first-order chi connectivity index (χ1) is 8.24. The van der Waals surface area contributed by atoms with Crippen LogP contribution in [-0.4, -0.2) is 12.6 Å². The van der Waals surface area contributed by atoms with E-state index in [-0.39, 0.29) is 0 Å². The highest BCUT2D eigenvalue weighted by Crippen LogP contribution is 2.35. The van der Waals surface area contributed by atoms with Gasteiger partial charge in [0, 0.05) is 6.04 Å². The van der Waals surface area contributed by atoms with Crippen molar-refractivity contribution in [3.63, 3.8) is 0 Å². The summed E-state index contributed by atoms with van der Waals surface area (Å²) >= 11 is 0. The van der Waals surface area contributed by atoms with Gasteiger partial charge in [-0.15, -0.1) is 0 Å². The summed E-state index contributed by atoms with van der Waals surface area (Å²) in [6, 6.07) is 0.654. The van der Waals surface area contributed by atoms with E-state index in [0.717, 1.165) is 11.8 Å². The Balaban J connectivity index is 2.09. The van der Waals surface area contributed by atoms with E-state index >= 15 is 0 Å². The monoisotopic (exact) mass is 239 g/mol. The van der Waals surface area contributed by atoms with E-state index in [2.05, 4.69) is 26.1 Å². The highest BCUT2D eigenvalue weighted by atomic mass is 14.9. The Morgan fingerprint density at radius 1 is 1.00 bits per heavy atom. The molecule has 1 fully saturated rings. The Morgan fingerprint density at radius 3 is 2.41 bits per heavy atom. The molecule has 1 heteroatoms. The van der Waals surface area contributed by atoms with E-state index in [1.807, 2.05) is 0 Å². The molecule has 1 N–H and O–H groups in total. The second-order valence-corrected chi connectivity index (χ2v) is 6.22. The van der Waals surface area contributed by atoms with Crippen molar-refractivity contribution in [2.24, 2.45) is 11.8 Å². The van der Waals surface area contributed by atoms with Crippen LogP contribution in [0.15, 0.2) is 0 Å². The van der Waals surface area contributed by atoms with E-state index < -0.39 is 0 Å². The van der Waals surface area contributed by atoms with Gasteiger partial charge in [0.15, 0.2) is 0 Å². The van der Waals surface area contributed by atoms with Gasteiger partial charge in [0.05, 0.1) is 0 Å². The van der Waals surface area contributed by atoms with Crippen molar-refractivity contribution in [2.45, 2.75) is 84.6 Å². The van der Waals surface area contributed by atoms with Crippen LogP contribution in [0, 0.1) is 11.8 Å². The summed E-state index contributed by atoms with van der Waals surface area (Å²) in [5.74, 6) is 2.01. The van der Waals surface area contributed by atoms with Gasteiger partial charge in [0.1, 0.15) is 0 Å². The van der Waals surface area contributed by atoms with Gasteiger partial charge >= 0.3 is 0 Å². The van der Waals surface area contributed by atoms with Crippen LogP contribution in [0.5, 0.6) is 0 Å². The third kappa shape index (κ3) is 6.45. The second kappa shape index (κ2) is 8.97. The zero-order chi connectivity index (χ0) is 12.5. The lowest BCUT2D eigenvalue weighted by molar-refractivity contribution is 0.328. The molecule has 1 aliphatic rings. The van der Waals surface area contributed by atoms with Gasteiger partial charge in [0.2, 0.25) is 0 Å². The summed E-state index contributed by atoms with van der Waals surface area (Å²) in [5.41, 5.74) is 0. The van der Waals surface area contributed by atoms with Gasteiger partial charge in [-0.1, -0.05) is 72.1 Å². The molecule has 17 heavy (non-hydrogen) atoms. The number of unbranched alkanes of at least 4 members (excludes halogenated alkanes) is 4. The van der Waals surface area contributed by atoms with Gasteiger partial charge in [0.25, 0.3) is 0 Å². The lowest BCUT2D eigenvalue weighted by Gasteiger charge is -2.21. The zero-order valence-corrected chi connectivity index (χ0v) is 12.3. The Bertz CT molecular complexity index is 176. The van der Waals surface area contributed by atoms with Crippen LogP contribution in [0.1, 0.15) is 78.6 Å². The molecule has 0 aromatic rings. The fraction of sp³-hybridized carbons (Fsp3) is 1.00. The van der Waals surface area contributed by atoms with Crippen molar-refractivity contribution >= 4 is 0 Å². The predicted molar refractivity (Wildman–Crippen MR) is 77.3 cm³/mol. The van der Waals surface area contributed by atoms with E-state index in [0.29, 0.717) is 6.04 Å². The third-order valence-corrected chi connectivity index (χ3v) is 4.28. The summed E-state index contributed by atoms with van der Waals surface area (Å²) in [7, 11) is 0. The van der Waals surface area contributed by atoms with E-state index in [4.69, 9.17) is 0 Å². The summed E-state index contributed by atoms with van der Waals surface area (Å²) in [4.78, 5) is 0. The number of hydrogen-bond donors (Lipinski definition) is 1. The van der Waals surface area contributed by atoms with Crippen LogP contribution in [0.2, 0.25) is 0 Å². The summed E-state index contributed by atoms with van der Waals surface area (Å²) < 4.78 is 0. The predicted octanol–water partition coefficient (Wildman–Crippen LogP) is 4.76. The van der Waals surface area contributed by atoms with Gasteiger partial charge in [-0.3, -0.25) is 0 Å². The van der Waals surface area contributed by atoms with Crippen molar-refractivity contribution < 1.29 is 0 Å². The van der Waals surface area contributed by atoms with Gasteiger partial charge in [-0.25, -0.2) is 0 Å². The molecule has 0 aromatic carbocycles. The lowest BCUT2D eigenvalue weighted by Crippen LogP contribution is -2.30. The molecule has 0 bridgehead atoms. The minimum Gasteiger partial charge on any atom is -0.314 e. The average molecular weight is 239 g/mol. The topological polar surface area (TPSA) is 12.0 Å². The van der Waals surface area contributed by atoms with E-state index in [9.17, 15) is 0 Å².